The number of phenolic OH excluding ortho intramolecular Hbond substituents is 3. The summed E-state index contributed by atoms with van der Waals surface area (Å²) in [6.07, 6.45) is 5.31. The van der Waals surface area contributed by atoms with E-state index in [4.69, 9.17) is 0 Å². The van der Waals surface area contributed by atoms with Crippen LogP contribution in [0, 0.1) is 0 Å². The van der Waals surface area contributed by atoms with Crippen LogP contribution in [0.2, 0.25) is 0 Å². The van der Waals surface area contributed by atoms with Gasteiger partial charge in [-0.25, -0.2) is 4.98 Å². The van der Waals surface area contributed by atoms with E-state index in [0.717, 1.165) is 6.54 Å². The van der Waals surface area contributed by atoms with Gasteiger partial charge in [-0.1, -0.05) is 6.07 Å². The highest BCUT2D eigenvalue weighted by molar-refractivity contribution is 5.52. The third-order valence-electron chi connectivity index (χ3n) is 2.63. The van der Waals surface area contributed by atoms with Crippen LogP contribution < -0.4 is 5.32 Å². The number of phenols is 3. The van der Waals surface area contributed by atoms with Crippen LogP contribution in [-0.2, 0) is 13.1 Å². The zero-order chi connectivity index (χ0) is 13.0. The fraction of sp³-hybridized carbons (Fsp3) is 0.250. The molecule has 1 heterocycles. The lowest BCUT2D eigenvalue weighted by atomic mass is 10.1. The Morgan fingerprint density at radius 1 is 1.17 bits per heavy atom. The summed E-state index contributed by atoms with van der Waals surface area (Å²) in [6.45, 7) is 1.89. The fourth-order valence-electron chi connectivity index (χ4n) is 1.60. The van der Waals surface area contributed by atoms with E-state index in [1.807, 2.05) is 10.8 Å². The number of imidazole rings is 1. The quantitative estimate of drug-likeness (QED) is 0.464. The van der Waals surface area contributed by atoms with Crippen molar-refractivity contribution in [3.05, 3.63) is 36.4 Å². The number of aromatic nitrogens is 2. The van der Waals surface area contributed by atoms with Crippen molar-refractivity contribution < 1.29 is 15.3 Å². The van der Waals surface area contributed by atoms with Gasteiger partial charge in [0.15, 0.2) is 11.5 Å². The number of hydrogen-bond donors (Lipinski definition) is 4. The minimum atomic E-state index is -0.482. The van der Waals surface area contributed by atoms with Crippen LogP contribution in [0.1, 0.15) is 5.56 Å². The summed E-state index contributed by atoms with van der Waals surface area (Å²) in [5.41, 5.74) is 0.538. The van der Waals surface area contributed by atoms with E-state index in [0.29, 0.717) is 18.7 Å². The van der Waals surface area contributed by atoms with E-state index in [2.05, 4.69) is 10.3 Å². The molecule has 4 N–H and O–H groups in total. The predicted molar refractivity (Wildman–Crippen MR) is 65.4 cm³/mol. The molecule has 0 aliphatic heterocycles. The van der Waals surface area contributed by atoms with Crippen molar-refractivity contribution in [2.75, 3.05) is 6.54 Å². The third-order valence-corrected chi connectivity index (χ3v) is 2.63. The molecule has 0 bridgehead atoms. The average Bonchev–Trinajstić information content (AvgIpc) is 2.87. The second-order valence-corrected chi connectivity index (χ2v) is 3.92. The standard InChI is InChI=1S/C12H15N3O3/c16-10-2-1-9(11(17)12(10)18)7-13-3-5-15-6-4-14-8-15/h1-2,4,6,8,13,16-18H,3,5,7H2. The van der Waals surface area contributed by atoms with Crippen LogP contribution in [0.15, 0.2) is 30.9 Å². The molecular formula is C12H15N3O3. The van der Waals surface area contributed by atoms with Gasteiger partial charge < -0.3 is 25.2 Å². The number of nitrogens with one attached hydrogen (secondary N) is 1. The van der Waals surface area contributed by atoms with Gasteiger partial charge in [0, 0.05) is 37.6 Å². The smallest absolute Gasteiger partial charge is 0.200 e. The Morgan fingerprint density at radius 3 is 2.72 bits per heavy atom. The summed E-state index contributed by atoms with van der Waals surface area (Å²) in [6, 6.07) is 2.91. The van der Waals surface area contributed by atoms with Crippen molar-refractivity contribution in [2.24, 2.45) is 0 Å². The fourth-order valence-corrected chi connectivity index (χ4v) is 1.60. The molecule has 0 saturated heterocycles. The SMILES string of the molecule is Oc1ccc(CNCCn2ccnc2)c(O)c1O. The van der Waals surface area contributed by atoms with Crippen LogP contribution in [0.3, 0.4) is 0 Å². The topological polar surface area (TPSA) is 90.5 Å². The van der Waals surface area contributed by atoms with E-state index in [1.165, 1.54) is 6.07 Å². The summed E-state index contributed by atoms with van der Waals surface area (Å²) < 4.78 is 1.93. The molecule has 2 aromatic rings. The maximum absolute atomic E-state index is 9.60. The summed E-state index contributed by atoms with van der Waals surface area (Å²) in [5, 5.41) is 31.3. The Morgan fingerprint density at radius 2 is 2.00 bits per heavy atom. The summed E-state index contributed by atoms with van der Waals surface area (Å²) in [5.74, 6) is -1.09. The Bertz CT molecular complexity index is 512. The third kappa shape index (κ3) is 2.72. The Labute approximate surface area is 104 Å². The van der Waals surface area contributed by atoms with Gasteiger partial charge >= 0.3 is 0 Å². The van der Waals surface area contributed by atoms with E-state index in [1.54, 1.807) is 18.6 Å². The van der Waals surface area contributed by atoms with E-state index in [-0.39, 0.29) is 11.5 Å². The van der Waals surface area contributed by atoms with Gasteiger partial charge in [0.25, 0.3) is 0 Å². The van der Waals surface area contributed by atoms with Crippen LogP contribution in [0.5, 0.6) is 17.2 Å². The Balaban J connectivity index is 1.85. The second-order valence-electron chi connectivity index (χ2n) is 3.92. The molecule has 0 aliphatic carbocycles. The molecule has 6 heteroatoms. The van der Waals surface area contributed by atoms with E-state index < -0.39 is 5.75 Å². The highest BCUT2D eigenvalue weighted by Crippen LogP contribution is 2.36. The lowest BCUT2D eigenvalue weighted by Crippen LogP contribution is -2.19. The minimum absolute atomic E-state index is 0.287. The number of aromatic hydroxyl groups is 3. The molecule has 18 heavy (non-hydrogen) atoms. The first-order valence-electron chi connectivity index (χ1n) is 5.57. The molecule has 96 valence electrons. The lowest BCUT2D eigenvalue weighted by molar-refractivity contribution is 0.364. The summed E-state index contributed by atoms with van der Waals surface area (Å²) >= 11 is 0. The molecule has 0 aliphatic rings. The van der Waals surface area contributed by atoms with Crippen molar-refractivity contribution >= 4 is 0 Å². The van der Waals surface area contributed by atoms with Crippen molar-refractivity contribution in [3.63, 3.8) is 0 Å². The second kappa shape index (κ2) is 5.42. The number of rotatable bonds is 5. The molecule has 0 amide bonds. The molecule has 0 spiro atoms. The van der Waals surface area contributed by atoms with E-state index in [9.17, 15) is 15.3 Å². The van der Waals surface area contributed by atoms with Gasteiger partial charge in [0.2, 0.25) is 5.75 Å². The van der Waals surface area contributed by atoms with Gasteiger partial charge in [-0.3, -0.25) is 0 Å². The molecule has 0 radical (unpaired) electrons. The van der Waals surface area contributed by atoms with Crippen LogP contribution in [0.25, 0.3) is 0 Å². The van der Waals surface area contributed by atoms with Gasteiger partial charge in [-0.05, 0) is 6.07 Å². The van der Waals surface area contributed by atoms with E-state index >= 15 is 0 Å². The zero-order valence-corrected chi connectivity index (χ0v) is 9.74. The molecule has 0 fully saturated rings. The largest absolute Gasteiger partial charge is 0.504 e. The molecule has 0 saturated carbocycles. The van der Waals surface area contributed by atoms with Gasteiger partial charge in [-0.2, -0.15) is 0 Å². The molecule has 1 aromatic carbocycles. The number of benzene rings is 1. The Kier molecular flexibility index (Phi) is 3.69. The molecule has 2 rings (SSSR count). The lowest BCUT2D eigenvalue weighted by Gasteiger charge is -2.09. The van der Waals surface area contributed by atoms with Gasteiger partial charge in [0.05, 0.1) is 6.33 Å². The van der Waals surface area contributed by atoms with Crippen molar-refractivity contribution in [2.45, 2.75) is 13.1 Å². The maximum Gasteiger partial charge on any atom is 0.200 e. The normalized spacial score (nSPS) is 10.7. The first-order chi connectivity index (χ1) is 8.68. The van der Waals surface area contributed by atoms with Crippen LogP contribution >= 0.6 is 0 Å². The molecule has 6 nitrogen and oxygen atoms in total. The van der Waals surface area contributed by atoms with Gasteiger partial charge in [-0.15, -0.1) is 0 Å². The zero-order valence-electron chi connectivity index (χ0n) is 9.74. The molecule has 0 unspecified atom stereocenters. The van der Waals surface area contributed by atoms with Crippen molar-refractivity contribution in [1.29, 1.82) is 0 Å². The Hall–Kier alpha value is -2.21. The van der Waals surface area contributed by atoms with Crippen molar-refractivity contribution in [3.8, 4) is 17.2 Å². The molecule has 0 atom stereocenters. The monoisotopic (exact) mass is 249 g/mol. The minimum Gasteiger partial charge on any atom is -0.504 e. The molecular weight excluding hydrogens is 234 g/mol. The van der Waals surface area contributed by atoms with Gasteiger partial charge in [0.1, 0.15) is 0 Å². The highest BCUT2D eigenvalue weighted by atomic mass is 16.3. The van der Waals surface area contributed by atoms with Crippen LogP contribution in [-0.4, -0.2) is 31.4 Å². The van der Waals surface area contributed by atoms with Crippen molar-refractivity contribution in [1.82, 2.24) is 14.9 Å². The summed E-state index contributed by atoms with van der Waals surface area (Å²) in [7, 11) is 0. The summed E-state index contributed by atoms with van der Waals surface area (Å²) in [4.78, 5) is 3.93. The highest BCUT2D eigenvalue weighted by Gasteiger charge is 2.10. The average molecular weight is 249 g/mol. The molecule has 1 aromatic heterocycles. The number of hydrogen-bond acceptors (Lipinski definition) is 5. The van der Waals surface area contributed by atoms with Crippen LogP contribution in [0.4, 0.5) is 0 Å². The predicted octanol–water partition coefficient (Wildman–Crippen LogP) is 0.790. The maximum atomic E-state index is 9.60. The first kappa shape index (κ1) is 12.3. The first-order valence-corrected chi connectivity index (χ1v) is 5.57. The number of nitrogens with zero attached hydrogens (tertiary/aromatic N) is 2.